The average molecular weight is 324 g/mol. The summed E-state index contributed by atoms with van der Waals surface area (Å²) in [5.41, 5.74) is 0.611. The van der Waals surface area contributed by atoms with Crippen molar-refractivity contribution in [3.05, 3.63) is 11.1 Å². The van der Waals surface area contributed by atoms with Gasteiger partial charge in [0.15, 0.2) is 5.13 Å². The van der Waals surface area contributed by atoms with E-state index in [4.69, 9.17) is 0 Å². The summed E-state index contributed by atoms with van der Waals surface area (Å²) in [6.07, 6.45) is 1.50. The van der Waals surface area contributed by atoms with E-state index < -0.39 is 6.04 Å². The molecule has 1 aromatic rings. The number of nitrogens with one attached hydrogen (secondary N) is 2. The van der Waals surface area contributed by atoms with E-state index in [0.29, 0.717) is 30.3 Å². The maximum absolute atomic E-state index is 11.9. The number of anilines is 1. The lowest BCUT2D eigenvalue weighted by molar-refractivity contribution is -0.128. The topological polar surface area (TPSA) is 91.4 Å². The largest absolute Gasteiger partial charge is 0.355 e. The summed E-state index contributed by atoms with van der Waals surface area (Å²) in [5, 5.41) is 7.70. The van der Waals surface area contributed by atoms with E-state index in [2.05, 4.69) is 15.6 Å². The minimum Gasteiger partial charge on any atom is -0.355 e. The molecule has 1 aliphatic heterocycles. The van der Waals surface area contributed by atoms with Gasteiger partial charge in [0.05, 0.1) is 12.1 Å². The molecule has 1 saturated heterocycles. The Morgan fingerprint density at radius 2 is 2.27 bits per heavy atom. The lowest BCUT2D eigenvalue weighted by atomic mass is 10.2. The Kier molecular flexibility index (Phi) is 5.48. The van der Waals surface area contributed by atoms with Crippen LogP contribution in [0.15, 0.2) is 5.38 Å². The van der Waals surface area contributed by atoms with E-state index in [-0.39, 0.29) is 24.1 Å². The van der Waals surface area contributed by atoms with Gasteiger partial charge >= 0.3 is 0 Å². The highest BCUT2D eigenvalue weighted by atomic mass is 32.1. The summed E-state index contributed by atoms with van der Waals surface area (Å²) in [6, 6.07) is -0.578. The molecule has 0 spiro atoms. The Labute approximate surface area is 133 Å². The van der Waals surface area contributed by atoms with Crippen LogP contribution < -0.4 is 15.5 Å². The fourth-order valence-electron chi connectivity index (χ4n) is 2.20. The third-order valence-corrected chi connectivity index (χ3v) is 4.22. The quantitative estimate of drug-likeness (QED) is 0.795. The predicted molar refractivity (Wildman–Crippen MR) is 83.7 cm³/mol. The smallest absolute Gasteiger partial charge is 0.242 e. The van der Waals surface area contributed by atoms with E-state index >= 15 is 0 Å². The Bertz CT molecular complexity index is 572. The lowest BCUT2D eigenvalue weighted by Gasteiger charge is -2.13. The molecular weight excluding hydrogens is 304 g/mol. The molecule has 0 saturated carbocycles. The first-order valence-corrected chi connectivity index (χ1v) is 8.21. The minimum atomic E-state index is -0.578. The molecule has 1 atom stereocenters. The molecule has 8 heteroatoms. The minimum absolute atomic E-state index is 0.0789. The van der Waals surface area contributed by atoms with Crippen molar-refractivity contribution in [2.45, 2.75) is 39.2 Å². The number of nitrogens with zero attached hydrogens (tertiary/aromatic N) is 2. The third-order valence-electron chi connectivity index (χ3n) is 3.31. The molecule has 1 aliphatic rings. The van der Waals surface area contributed by atoms with Crippen molar-refractivity contribution in [1.29, 1.82) is 0 Å². The van der Waals surface area contributed by atoms with Crippen LogP contribution in [0.2, 0.25) is 0 Å². The van der Waals surface area contributed by atoms with Gasteiger partial charge in [0, 0.05) is 24.9 Å². The zero-order valence-electron chi connectivity index (χ0n) is 12.7. The molecule has 0 unspecified atom stereocenters. The Balaban J connectivity index is 1.88. The van der Waals surface area contributed by atoms with Crippen molar-refractivity contribution in [3.8, 4) is 0 Å². The first-order valence-electron chi connectivity index (χ1n) is 7.33. The fourth-order valence-corrected chi connectivity index (χ4v) is 3.07. The van der Waals surface area contributed by atoms with E-state index in [1.54, 1.807) is 17.2 Å². The summed E-state index contributed by atoms with van der Waals surface area (Å²) in [5.74, 6) is -0.393. The van der Waals surface area contributed by atoms with Crippen LogP contribution in [0.5, 0.6) is 0 Å². The second-order valence-corrected chi connectivity index (χ2v) is 5.97. The standard InChI is InChI=1S/C14H20N4O3S/c1-3-15-13(21)9(2)16-11(19)7-10-8-22-14(17-10)18-6-4-5-12(18)20/h8-9H,3-7H2,1-2H3,(H,15,21)(H,16,19)/t9-/m1/s1. The number of rotatable bonds is 6. The fraction of sp³-hybridized carbons (Fsp3) is 0.571. The van der Waals surface area contributed by atoms with Gasteiger partial charge in [0.25, 0.3) is 0 Å². The first kappa shape index (κ1) is 16.4. The molecule has 0 bridgehead atoms. The van der Waals surface area contributed by atoms with E-state index in [1.165, 1.54) is 11.3 Å². The van der Waals surface area contributed by atoms with Gasteiger partial charge < -0.3 is 10.6 Å². The van der Waals surface area contributed by atoms with Crippen molar-refractivity contribution < 1.29 is 14.4 Å². The van der Waals surface area contributed by atoms with Gasteiger partial charge in [-0.2, -0.15) is 0 Å². The summed E-state index contributed by atoms with van der Waals surface area (Å²) >= 11 is 1.36. The van der Waals surface area contributed by atoms with Gasteiger partial charge in [-0.25, -0.2) is 4.98 Å². The summed E-state index contributed by atoms with van der Waals surface area (Å²) in [7, 11) is 0. The molecule has 1 aromatic heterocycles. The van der Waals surface area contributed by atoms with Crippen LogP contribution in [0, 0.1) is 0 Å². The monoisotopic (exact) mass is 324 g/mol. The average Bonchev–Trinajstić information content (AvgIpc) is 3.07. The van der Waals surface area contributed by atoms with Crippen molar-refractivity contribution in [1.82, 2.24) is 15.6 Å². The number of aromatic nitrogens is 1. The summed E-state index contributed by atoms with van der Waals surface area (Å²) in [6.45, 7) is 4.67. The number of amides is 3. The zero-order valence-corrected chi connectivity index (χ0v) is 13.5. The number of hydrogen-bond donors (Lipinski definition) is 2. The SMILES string of the molecule is CCNC(=O)[C@@H](C)NC(=O)Cc1csc(N2CCCC2=O)n1. The number of likely N-dealkylation sites (N-methyl/N-ethyl adjacent to an activating group) is 1. The van der Waals surface area contributed by atoms with Crippen LogP contribution in [0.1, 0.15) is 32.4 Å². The van der Waals surface area contributed by atoms with Gasteiger partial charge in [-0.1, -0.05) is 0 Å². The van der Waals surface area contributed by atoms with Gasteiger partial charge in [0.1, 0.15) is 6.04 Å². The Morgan fingerprint density at radius 3 is 2.91 bits per heavy atom. The molecular formula is C14H20N4O3S. The molecule has 2 N–H and O–H groups in total. The molecule has 120 valence electrons. The second kappa shape index (κ2) is 7.35. The number of carbonyl (C=O) groups excluding carboxylic acids is 3. The van der Waals surface area contributed by atoms with Gasteiger partial charge in [0.2, 0.25) is 17.7 Å². The van der Waals surface area contributed by atoms with E-state index in [0.717, 1.165) is 6.42 Å². The Hall–Kier alpha value is -1.96. The molecule has 22 heavy (non-hydrogen) atoms. The number of carbonyl (C=O) groups is 3. The number of thiazole rings is 1. The highest BCUT2D eigenvalue weighted by Gasteiger charge is 2.24. The van der Waals surface area contributed by atoms with Crippen molar-refractivity contribution >= 4 is 34.2 Å². The van der Waals surface area contributed by atoms with Crippen LogP contribution in [-0.4, -0.2) is 41.8 Å². The van der Waals surface area contributed by atoms with Crippen molar-refractivity contribution in [2.24, 2.45) is 0 Å². The van der Waals surface area contributed by atoms with Gasteiger partial charge in [-0.15, -0.1) is 11.3 Å². The maximum atomic E-state index is 11.9. The van der Waals surface area contributed by atoms with Crippen molar-refractivity contribution in [3.63, 3.8) is 0 Å². The lowest BCUT2D eigenvalue weighted by Crippen LogP contribution is -2.45. The first-order chi connectivity index (χ1) is 10.5. The summed E-state index contributed by atoms with van der Waals surface area (Å²) < 4.78 is 0. The van der Waals surface area contributed by atoms with Crippen LogP contribution >= 0.6 is 11.3 Å². The molecule has 0 radical (unpaired) electrons. The maximum Gasteiger partial charge on any atom is 0.242 e. The molecule has 7 nitrogen and oxygen atoms in total. The van der Waals surface area contributed by atoms with E-state index in [1.807, 2.05) is 6.92 Å². The zero-order chi connectivity index (χ0) is 16.1. The highest BCUT2D eigenvalue weighted by Crippen LogP contribution is 2.25. The summed E-state index contributed by atoms with van der Waals surface area (Å²) in [4.78, 5) is 41.1. The van der Waals surface area contributed by atoms with Crippen LogP contribution in [0.3, 0.4) is 0 Å². The van der Waals surface area contributed by atoms with Crippen LogP contribution in [0.25, 0.3) is 0 Å². The molecule has 2 heterocycles. The molecule has 0 aromatic carbocycles. The highest BCUT2D eigenvalue weighted by molar-refractivity contribution is 7.14. The Morgan fingerprint density at radius 1 is 1.50 bits per heavy atom. The van der Waals surface area contributed by atoms with Gasteiger partial charge in [-0.05, 0) is 20.3 Å². The van der Waals surface area contributed by atoms with Crippen molar-refractivity contribution in [2.75, 3.05) is 18.0 Å². The van der Waals surface area contributed by atoms with Gasteiger partial charge in [-0.3, -0.25) is 19.3 Å². The molecule has 3 amide bonds. The van der Waals surface area contributed by atoms with E-state index in [9.17, 15) is 14.4 Å². The number of hydrogen-bond acceptors (Lipinski definition) is 5. The predicted octanol–water partition coefficient (Wildman–Crippen LogP) is 0.453. The third kappa shape index (κ3) is 4.03. The second-order valence-electron chi connectivity index (χ2n) is 5.13. The molecule has 1 fully saturated rings. The van der Waals surface area contributed by atoms with Crippen LogP contribution in [0.4, 0.5) is 5.13 Å². The normalized spacial score (nSPS) is 15.7. The molecule has 0 aliphatic carbocycles. The van der Waals surface area contributed by atoms with Crippen LogP contribution in [-0.2, 0) is 20.8 Å². The molecule has 2 rings (SSSR count).